The van der Waals surface area contributed by atoms with E-state index in [1.165, 1.54) is 12.1 Å². The molecule has 0 radical (unpaired) electrons. The Labute approximate surface area is 165 Å². The third kappa shape index (κ3) is 5.48. The number of halogens is 2. The molecule has 4 nitrogen and oxygen atoms in total. The fraction of sp³-hybridized carbons (Fsp3) is 0.111. The van der Waals surface area contributed by atoms with E-state index >= 15 is 0 Å². The number of carbonyl (C=O) groups is 1. The number of benzene rings is 2. The minimum atomic E-state index is -1.43. The summed E-state index contributed by atoms with van der Waals surface area (Å²) in [5, 5.41) is 19.6. The molecule has 2 aromatic rings. The average molecular weight is 350 g/mol. The maximum Gasteiger partial charge on any atom is 1.00 e. The van der Waals surface area contributed by atoms with Gasteiger partial charge in [0.05, 0.1) is 17.6 Å². The van der Waals surface area contributed by atoms with E-state index in [9.17, 15) is 18.7 Å². The van der Waals surface area contributed by atoms with Gasteiger partial charge in [-0.15, -0.1) is 0 Å². The molecule has 0 spiro atoms. The van der Waals surface area contributed by atoms with Gasteiger partial charge in [0, 0.05) is 17.7 Å². The first kappa shape index (κ1) is 21.0. The summed E-state index contributed by atoms with van der Waals surface area (Å²) in [6.07, 6.45) is 1.37. The Morgan fingerprint density at radius 3 is 2.40 bits per heavy atom. The van der Waals surface area contributed by atoms with Gasteiger partial charge in [-0.25, -0.2) is 8.78 Å². The Morgan fingerprint density at radius 1 is 1.24 bits per heavy atom. The third-order valence-electron chi connectivity index (χ3n) is 3.42. The van der Waals surface area contributed by atoms with Crippen LogP contribution in [0.5, 0.6) is 0 Å². The molecular formula is C18H13F2N2NaO2. The topological polar surface area (TPSA) is 89.9 Å². The molecule has 0 aliphatic carbocycles. The van der Waals surface area contributed by atoms with Crippen LogP contribution < -0.4 is 40.4 Å². The Morgan fingerprint density at radius 2 is 1.88 bits per heavy atom. The van der Waals surface area contributed by atoms with Gasteiger partial charge in [-0.3, -0.25) is 0 Å². The van der Waals surface area contributed by atoms with Crippen molar-refractivity contribution in [1.82, 2.24) is 0 Å². The van der Waals surface area contributed by atoms with Crippen LogP contribution >= 0.6 is 0 Å². The number of rotatable bonds is 5. The predicted octanol–water partition coefficient (Wildman–Crippen LogP) is -1.26. The molecule has 122 valence electrons. The monoisotopic (exact) mass is 350 g/mol. The van der Waals surface area contributed by atoms with E-state index in [-0.39, 0.29) is 41.5 Å². The molecule has 2 N–H and O–H groups in total. The second-order valence-corrected chi connectivity index (χ2v) is 5.09. The standard InChI is InChI=1S/C18H14F2N2O2.Na/c19-13-5-6-15(16(20)9-13)14(7-8-17(22)18(23)24)12-3-1-11(10-21)2-4-12;/h1-7,9,17H,8,22H2,(H,23,24);/q;+1/p-1/b14-7+;. The van der Waals surface area contributed by atoms with Crippen molar-refractivity contribution in [2.45, 2.75) is 12.5 Å². The number of nitrogens with zero attached hydrogens (tertiary/aromatic N) is 1. The molecule has 0 amide bonds. The number of nitrogens with two attached hydrogens (primary N) is 1. The van der Waals surface area contributed by atoms with Crippen molar-refractivity contribution < 1.29 is 48.2 Å². The van der Waals surface area contributed by atoms with E-state index in [0.29, 0.717) is 16.7 Å². The molecule has 2 aromatic carbocycles. The van der Waals surface area contributed by atoms with Gasteiger partial charge in [0.15, 0.2) is 0 Å². The molecule has 1 atom stereocenters. The van der Waals surface area contributed by atoms with Gasteiger partial charge in [0.25, 0.3) is 0 Å². The fourth-order valence-corrected chi connectivity index (χ4v) is 2.16. The Hall–Kier alpha value is -2.04. The first-order valence-electron chi connectivity index (χ1n) is 7.05. The largest absolute Gasteiger partial charge is 1.00 e. The van der Waals surface area contributed by atoms with Crippen LogP contribution in [0.15, 0.2) is 48.5 Å². The van der Waals surface area contributed by atoms with Crippen molar-refractivity contribution in [3.05, 3.63) is 76.9 Å². The predicted molar refractivity (Wildman–Crippen MR) is 82.2 cm³/mol. The van der Waals surface area contributed by atoms with E-state index in [1.54, 1.807) is 24.3 Å². The van der Waals surface area contributed by atoms with Crippen LogP contribution in [0.4, 0.5) is 8.78 Å². The van der Waals surface area contributed by atoms with Gasteiger partial charge in [-0.05, 0) is 41.8 Å². The van der Waals surface area contributed by atoms with Crippen LogP contribution in [0.1, 0.15) is 23.1 Å². The van der Waals surface area contributed by atoms with Crippen LogP contribution in [0.2, 0.25) is 0 Å². The molecule has 0 bridgehead atoms. The van der Waals surface area contributed by atoms with Crippen LogP contribution in [0, 0.1) is 23.0 Å². The van der Waals surface area contributed by atoms with Crippen LogP contribution in [0.3, 0.4) is 0 Å². The smallest absolute Gasteiger partial charge is 0.548 e. The second-order valence-electron chi connectivity index (χ2n) is 5.09. The summed E-state index contributed by atoms with van der Waals surface area (Å²) in [5.41, 5.74) is 6.85. The van der Waals surface area contributed by atoms with Crippen molar-refractivity contribution in [2.75, 3.05) is 0 Å². The molecular weight excluding hydrogens is 337 g/mol. The number of aliphatic carboxylic acids is 1. The molecule has 1 unspecified atom stereocenters. The van der Waals surface area contributed by atoms with E-state index in [0.717, 1.165) is 12.1 Å². The van der Waals surface area contributed by atoms with E-state index in [2.05, 4.69) is 0 Å². The average Bonchev–Trinajstić information content (AvgIpc) is 2.56. The Kier molecular flexibility index (Phi) is 7.94. The molecule has 0 aliphatic heterocycles. The van der Waals surface area contributed by atoms with Gasteiger partial charge >= 0.3 is 29.6 Å². The quantitative estimate of drug-likeness (QED) is 0.682. The fourth-order valence-electron chi connectivity index (χ4n) is 2.16. The maximum atomic E-state index is 14.1. The number of nitriles is 1. The second kappa shape index (κ2) is 9.44. The number of carboxylic acid groups (broad SMARTS) is 1. The summed E-state index contributed by atoms with van der Waals surface area (Å²) in [6, 6.07) is 10.1. The van der Waals surface area contributed by atoms with Crippen LogP contribution in [-0.2, 0) is 4.79 Å². The summed E-state index contributed by atoms with van der Waals surface area (Å²) < 4.78 is 27.3. The molecule has 25 heavy (non-hydrogen) atoms. The van der Waals surface area contributed by atoms with Gasteiger partial charge < -0.3 is 15.6 Å². The molecule has 0 heterocycles. The number of hydrogen-bond acceptors (Lipinski definition) is 4. The zero-order valence-electron chi connectivity index (χ0n) is 13.5. The van der Waals surface area contributed by atoms with Gasteiger partial charge in [-0.2, -0.15) is 5.26 Å². The minimum Gasteiger partial charge on any atom is -0.548 e. The Balaban J connectivity index is 0.00000312. The third-order valence-corrected chi connectivity index (χ3v) is 3.42. The van der Waals surface area contributed by atoms with Crippen molar-refractivity contribution >= 4 is 11.5 Å². The van der Waals surface area contributed by atoms with Gasteiger partial charge in [0.1, 0.15) is 11.6 Å². The maximum absolute atomic E-state index is 14.1. The number of carboxylic acids is 1. The molecule has 0 saturated carbocycles. The molecule has 0 saturated heterocycles. The summed E-state index contributed by atoms with van der Waals surface area (Å²) in [6.45, 7) is 0. The summed E-state index contributed by atoms with van der Waals surface area (Å²) in [7, 11) is 0. The van der Waals surface area contributed by atoms with Gasteiger partial charge in [-0.1, -0.05) is 18.2 Å². The van der Waals surface area contributed by atoms with Crippen LogP contribution in [-0.4, -0.2) is 12.0 Å². The van der Waals surface area contributed by atoms with E-state index in [4.69, 9.17) is 11.0 Å². The first-order chi connectivity index (χ1) is 11.4. The minimum absolute atomic E-state index is 0. The zero-order valence-corrected chi connectivity index (χ0v) is 15.5. The molecule has 2 rings (SSSR count). The van der Waals surface area contributed by atoms with Crippen molar-refractivity contribution in [1.29, 1.82) is 5.26 Å². The summed E-state index contributed by atoms with van der Waals surface area (Å²) in [5.74, 6) is -2.93. The van der Waals surface area contributed by atoms with Crippen molar-refractivity contribution in [2.24, 2.45) is 5.73 Å². The van der Waals surface area contributed by atoms with E-state index in [1.807, 2.05) is 6.07 Å². The molecule has 0 fully saturated rings. The number of carbonyl (C=O) groups excluding carboxylic acids is 1. The molecule has 7 heteroatoms. The normalized spacial score (nSPS) is 12.0. The van der Waals surface area contributed by atoms with Crippen LogP contribution in [0.25, 0.3) is 5.57 Å². The Bertz CT molecular complexity index is 830. The first-order valence-corrected chi connectivity index (χ1v) is 7.05. The molecule has 0 aromatic heterocycles. The molecule has 0 aliphatic rings. The van der Waals surface area contributed by atoms with Crippen molar-refractivity contribution in [3.63, 3.8) is 0 Å². The van der Waals surface area contributed by atoms with E-state index < -0.39 is 23.6 Å². The summed E-state index contributed by atoms with van der Waals surface area (Å²) in [4.78, 5) is 10.8. The SMILES string of the molecule is N#Cc1ccc(/C(=C\CC(N)C(=O)[O-])c2ccc(F)cc2F)cc1.[Na+]. The number of hydrogen-bond donors (Lipinski definition) is 1. The zero-order chi connectivity index (χ0) is 17.7. The van der Waals surface area contributed by atoms with Crippen molar-refractivity contribution in [3.8, 4) is 6.07 Å². The van der Waals surface area contributed by atoms with Gasteiger partial charge in [0.2, 0.25) is 0 Å². The summed E-state index contributed by atoms with van der Waals surface area (Å²) >= 11 is 0.